The molecule has 17 heavy (non-hydrogen) atoms. The zero-order chi connectivity index (χ0) is 12.1. The molecule has 0 amide bonds. The van der Waals surface area contributed by atoms with Gasteiger partial charge in [0.1, 0.15) is 18.4 Å². The Hall–Kier alpha value is -1.88. The Morgan fingerprint density at radius 1 is 1.41 bits per heavy atom. The van der Waals surface area contributed by atoms with Crippen LogP contribution in [-0.2, 0) is 0 Å². The molecule has 1 heterocycles. The summed E-state index contributed by atoms with van der Waals surface area (Å²) in [5.41, 5.74) is 0.813. The van der Waals surface area contributed by atoms with E-state index in [0.717, 1.165) is 11.3 Å². The van der Waals surface area contributed by atoms with Crippen LogP contribution in [-0.4, -0.2) is 27.7 Å². The number of hydrogen-bond donors (Lipinski definition) is 0. The molecule has 5 nitrogen and oxygen atoms in total. The minimum atomic E-state index is 0.592. The first-order valence-corrected chi connectivity index (χ1v) is 5.48. The van der Waals surface area contributed by atoms with Crippen molar-refractivity contribution in [2.45, 2.75) is 6.92 Å². The third-order valence-corrected chi connectivity index (χ3v) is 2.24. The third-order valence-electron chi connectivity index (χ3n) is 2.01. The second-order valence-electron chi connectivity index (χ2n) is 3.20. The fourth-order valence-electron chi connectivity index (χ4n) is 1.29. The second-order valence-corrected chi connectivity index (χ2v) is 3.64. The molecule has 0 aliphatic heterocycles. The fourth-order valence-corrected chi connectivity index (χ4v) is 1.47. The predicted octanol–water partition coefficient (Wildman–Crippen LogP) is 2.21. The minimum absolute atomic E-state index is 0.592. The molecule has 0 saturated heterocycles. The molecule has 0 aliphatic rings. The molecule has 0 saturated carbocycles. The molecule has 2 aromatic rings. The number of rotatable bonds is 4. The van der Waals surface area contributed by atoms with Gasteiger partial charge in [0.2, 0.25) is 0 Å². The van der Waals surface area contributed by atoms with Crippen LogP contribution in [0.25, 0.3) is 0 Å². The van der Waals surface area contributed by atoms with Crippen LogP contribution in [0.2, 0.25) is 5.02 Å². The first-order chi connectivity index (χ1) is 8.29. The molecule has 0 unspecified atom stereocenters. The Balaban J connectivity index is 2.27. The molecule has 0 N–H and O–H groups in total. The number of nitrogens with zero attached hydrogens (tertiary/aromatic N) is 4. The molecule has 0 bridgehead atoms. The summed E-state index contributed by atoms with van der Waals surface area (Å²) in [6.07, 6.45) is 4.66. The lowest BCUT2D eigenvalue weighted by Gasteiger charge is -2.06. The second kappa shape index (κ2) is 5.45. The fraction of sp³-hybridized carbons (Fsp3) is 0.182. The molecule has 6 heteroatoms. The minimum Gasteiger partial charge on any atom is -0.493 e. The van der Waals surface area contributed by atoms with Crippen molar-refractivity contribution in [3.8, 4) is 5.75 Å². The van der Waals surface area contributed by atoms with Gasteiger partial charge in [-0.15, -0.1) is 10.2 Å². The van der Waals surface area contributed by atoms with Crippen LogP contribution in [0.3, 0.4) is 0 Å². The van der Waals surface area contributed by atoms with Crippen molar-refractivity contribution in [1.82, 2.24) is 14.9 Å². The van der Waals surface area contributed by atoms with E-state index in [9.17, 15) is 0 Å². The zero-order valence-electron chi connectivity index (χ0n) is 9.25. The number of benzene rings is 1. The van der Waals surface area contributed by atoms with Crippen LogP contribution in [0, 0.1) is 0 Å². The first-order valence-electron chi connectivity index (χ1n) is 5.11. The van der Waals surface area contributed by atoms with E-state index in [-0.39, 0.29) is 0 Å². The summed E-state index contributed by atoms with van der Waals surface area (Å²) in [6, 6.07) is 5.39. The van der Waals surface area contributed by atoms with Crippen molar-refractivity contribution in [3.63, 3.8) is 0 Å². The Morgan fingerprint density at radius 2 is 2.18 bits per heavy atom. The highest BCUT2D eigenvalue weighted by molar-refractivity contribution is 6.30. The van der Waals surface area contributed by atoms with E-state index >= 15 is 0 Å². The van der Waals surface area contributed by atoms with E-state index in [1.807, 2.05) is 13.0 Å². The van der Waals surface area contributed by atoms with Gasteiger partial charge in [-0.25, -0.2) is 4.68 Å². The Labute approximate surface area is 104 Å². The van der Waals surface area contributed by atoms with Crippen molar-refractivity contribution < 1.29 is 4.74 Å². The van der Waals surface area contributed by atoms with Crippen molar-refractivity contribution in [3.05, 3.63) is 41.4 Å². The monoisotopic (exact) mass is 250 g/mol. The zero-order valence-corrected chi connectivity index (χ0v) is 10.0. The van der Waals surface area contributed by atoms with Crippen LogP contribution >= 0.6 is 11.6 Å². The standard InChI is InChI=1S/C11H11ClN4O/c1-2-17-11-4-3-10(12)5-9(11)6-15-16-7-13-14-8-16/h3-8H,2H2,1H3/b15-6+. The van der Waals surface area contributed by atoms with Gasteiger partial charge in [0.25, 0.3) is 0 Å². The summed E-state index contributed by atoms with van der Waals surface area (Å²) in [5.74, 6) is 0.744. The summed E-state index contributed by atoms with van der Waals surface area (Å²) >= 11 is 5.93. The molecular formula is C11H11ClN4O. The molecule has 1 aromatic heterocycles. The van der Waals surface area contributed by atoms with Crippen LogP contribution in [0.1, 0.15) is 12.5 Å². The highest BCUT2D eigenvalue weighted by Gasteiger charge is 2.01. The highest BCUT2D eigenvalue weighted by Crippen LogP contribution is 2.21. The third kappa shape index (κ3) is 3.04. The Morgan fingerprint density at radius 3 is 2.88 bits per heavy atom. The topological polar surface area (TPSA) is 52.3 Å². The number of hydrogen-bond acceptors (Lipinski definition) is 4. The van der Waals surface area contributed by atoms with Crippen molar-refractivity contribution in [2.75, 3.05) is 6.61 Å². The van der Waals surface area contributed by atoms with Gasteiger partial charge in [-0.2, -0.15) is 5.10 Å². The maximum absolute atomic E-state index is 5.93. The molecule has 0 radical (unpaired) electrons. The van der Waals surface area contributed by atoms with E-state index in [2.05, 4.69) is 15.3 Å². The van der Waals surface area contributed by atoms with Crippen LogP contribution in [0.5, 0.6) is 5.75 Å². The molecule has 0 fully saturated rings. The molecule has 1 aromatic carbocycles. The van der Waals surface area contributed by atoms with E-state index in [0.29, 0.717) is 11.6 Å². The summed E-state index contributed by atoms with van der Waals surface area (Å²) in [7, 11) is 0. The van der Waals surface area contributed by atoms with E-state index in [1.165, 1.54) is 17.3 Å². The van der Waals surface area contributed by atoms with Gasteiger partial charge < -0.3 is 4.74 Å². The lowest BCUT2D eigenvalue weighted by Crippen LogP contribution is -1.97. The quantitative estimate of drug-likeness (QED) is 0.782. The maximum Gasteiger partial charge on any atom is 0.141 e. The Bertz CT molecular complexity index is 510. The molecule has 0 atom stereocenters. The number of aromatic nitrogens is 3. The average Bonchev–Trinajstić information content (AvgIpc) is 2.82. The van der Waals surface area contributed by atoms with Crippen molar-refractivity contribution in [2.24, 2.45) is 5.10 Å². The summed E-state index contributed by atoms with van der Waals surface area (Å²) in [6.45, 7) is 2.52. The molecular weight excluding hydrogens is 240 g/mol. The average molecular weight is 251 g/mol. The SMILES string of the molecule is CCOc1ccc(Cl)cc1/C=N/n1cnnc1. The highest BCUT2D eigenvalue weighted by atomic mass is 35.5. The number of ether oxygens (including phenoxy) is 1. The van der Waals surface area contributed by atoms with E-state index in [4.69, 9.17) is 16.3 Å². The van der Waals surface area contributed by atoms with Crippen LogP contribution < -0.4 is 4.74 Å². The lowest BCUT2D eigenvalue weighted by molar-refractivity contribution is 0.340. The van der Waals surface area contributed by atoms with Gasteiger partial charge in [0.05, 0.1) is 12.8 Å². The lowest BCUT2D eigenvalue weighted by atomic mass is 10.2. The van der Waals surface area contributed by atoms with Gasteiger partial charge in [-0.3, -0.25) is 0 Å². The van der Waals surface area contributed by atoms with Crippen molar-refractivity contribution in [1.29, 1.82) is 0 Å². The Kier molecular flexibility index (Phi) is 3.72. The van der Waals surface area contributed by atoms with Gasteiger partial charge in [0, 0.05) is 10.6 Å². The molecule has 88 valence electrons. The van der Waals surface area contributed by atoms with Gasteiger partial charge in [-0.05, 0) is 25.1 Å². The van der Waals surface area contributed by atoms with Crippen LogP contribution in [0.15, 0.2) is 36.0 Å². The largest absolute Gasteiger partial charge is 0.493 e. The number of halogens is 1. The van der Waals surface area contributed by atoms with E-state index < -0.39 is 0 Å². The van der Waals surface area contributed by atoms with E-state index in [1.54, 1.807) is 18.3 Å². The van der Waals surface area contributed by atoms with Crippen molar-refractivity contribution >= 4 is 17.8 Å². The van der Waals surface area contributed by atoms with Gasteiger partial charge in [0.15, 0.2) is 0 Å². The normalized spacial score (nSPS) is 10.9. The summed E-state index contributed by atoms with van der Waals surface area (Å²) in [4.78, 5) is 0. The maximum atomic E-state index is 5.93. The summed E-state index contributed by atoms with van der Waals surface area (Å²) in [5, 5.41) is 12.1. The van der Waals surface area contributed by atoms with Gasteiger partial charge in [-0.1, -0.05) is 11.6 Å². The summed E-state index contributed by atoms with van der Waals surface area (Å²) < 4.78 is 6.97. The molecule has 2 rings (SSSR count). The smallest absolute Gasteiger partial charge is 0.141 e. The first kappa shape index (κ1) is 11.6. The van der Waals surface area contributed by atoms with Gasteiger partial charge >= 0.3 is 0 Å². The van der Waals surface area contributed by atoms with Crippen LogP contribution in [0.4, 0.5) is 0 Å². The molecule has 0 aliphatic carbocycles. The predicted molar refractivity (Wildman–Crippen MR) is 65.6 cm³/mol. The molecule has 0 spiro atoms.